The fourth-order valence-corrected chi connectivity index (χ4v) is 19.0. The number of nitrogens with zero attached hydrogens (tertiary/aromatic N) is 3. The zero-order valence-corrected chi connectivity index (χ0v) is 61.3. The topological polar surface area (TPSA) is 37.7 Å². The van der Waals surface area contributed by atoms with E-state index in [1.807, 2.05) is 0 Å². The standard InChI is InChI=1S/C100H80BN3O2/c1-97(2)48-50-99(5,6)82-55-66(30-41-80(82)97)61-26-37-72(38-27-61)103-88-57-68(63-35-46-94-78(53-63)75-21-13-16-24-92(75)105-94)32-43-84(88)101-85-44-33-69(64-36-47-95-79(54-64)76-22-14-17-25-93(76)106-95)58-89(85)104(73-39-28-62(29-40-73)67-31-42-81-83(56-67)100(7,8)51-49-98(81,3)4)91-60-70(59-90(103)96(91)101)65-34-45-87-77(52-65)74-20-12-15-23-86(74)102(87)71-18-10-9-11-19-71/h9-47,52-60H,48-51H2,1-8H3. The van der Waals surface area contributed by atoms with Crippen LogP contribution in [0.15, 0.2) is 300 Å². The van der Waals surface area contributed by atoms with Gasteiger partial charge in [-0.3, -0.25) is 0 Å². The molecule has 2 aliphatic heterocycles. The average molecular weight is 1370 g/mol. The van der Waals surface area contributed by atoms with Crippen molar-refractivity contribution in [2.45, 2.75) is 103 Å². The van der Waals surface area contributed by atoms with Crippen LogP contribution in [-0.4, -0.2) is 11.3 Å². The van der Waals surface area contributed by atoms with Gasteiger partial charge in [-0.25, -0.2) is 0 Å². The zero-order chi connectivity index (χ0) is 71.3. The van der Waals surface area contributed by atoms with Crippen LogP contribution in [0.3, 0.4) is 0 Å². The molecule has 17 aromatic rings. The Bertz CT molecular complexity index is 6220. The molecule has 0 N–H and O–H groups in total. The first-order valence-electron chi connectivity index (χ1n) is 38.0. The van der Waals surface area contributed by atoms with Gasteiger partial charge in [-0.15, -0.1) is 0 Å². The second-order valence-corrected chi connectivity index (χ2v) is 33.3. The molecule has 3 aromatic heterocycles. The molecule has 6 heteroatoms. The summed E-state index contributed by atoms with van der Waals surface area (Å²) in [6.07, 6.45) is 4.68. The van der Waals surface area contributed by atoms with Crippen LogP contribution in [0.4, 0.5) is 34.1 Å². The first kappa shape index (κ1) is 62.7. The second kappa shape index (κ2) is 22.8. The Hall–Kier alpha value is -11.9. The third kappa shape index (κ3) is 9.62. The van der Waals surface area contributed by atoms with Crippen LogP contribution >= 0.6 is 0 Å². The molecule has 0 fully saturated rings. The summed E-state index contributed by atoms with van der Waals surface area (Å²) in [5.41, 5.74) is 35.5. The van der Waals surface area contributed by atoms with Crippen molar-refractivity contribution in [1.29, 1.82) is 0 Å². The largest absolute Gasteiger partial charge is 0.456 e. The summed E-state index contributed by atoms with van der Waals surface area (Å²) in [6, 6.07) is 110. The molecule has 5 nitrogen and oxygen atoms in total. The number of hydrogen-bond donors (Lipinski definition) is 0. The predicted molar refractivity (Wildman–Crippen MR) is 447 cm³/mol. The molecule has 106 heavy (non-hydrogen) atoms. The molecule has 0 unspecified atom stereocenters. The lowest BCUT2D eigenvalue weighted by molar-refractivity contribution is 0.332. The first-order chi connectivity index (χ1) is 51.5. The van der Waals surface area contributed by atoms with Crippen LogP contribution < -0.4 is 26.2 Å². The van der Waals surface area contributed by atoms with Gasteiger partial charge in [0.25, 0.3) is 6.71 Å². The van der Waals surface area contributed by atoms with Crippen molar-refractivity contribution in [2.24, 2.45) is 0 Å². The summed E-state index contributed by atoms with van der Waals surface area (Å²) in [5.74, 6) is 0. The Balaban J connectivity index is 0.821. The van der Waals surface area contributed by atoms with Crippen molar-refractivity contribution in [2.75, 3.05) is 9.80 Å². The van der Waals surface area contributed by atoms with Gasteiger partial charge in [0.1, 0.15) is 22.3 Å². The molecular weight excluding hydrogens is 1290 g/mol. The highest BCUT2D eigenvalue weighted by Gasteiger charge is 2.45. The Morgan fingerprint density at radius 2 is 0.613 bits per heavy atom. The molecule has 510 valence electrons. The molecule has 4 aliphatic rings. The molecule has 21 rings (SSSR count). The number of fused-ring (bicyclic) bond motifs is 15. The lowest BCUT2D eigenvalue weighted by Gasteiger charge is -2.44. The van der Waals surface area contributed by atoms with Gasteiger partial charge in [0.15, 0.2) is 0 Å². The SMILES string of the molecule is CC1(C)CCC(C)(C)c2cc(-c3ccc(N4c5cc(-c6ccc7oc8ccccc8c7c6)ccc5B5c6ccc(-c7ccc8oc9ccccc9c8c7)cc6N(c6ccc(-c7ccc8c(c7)C(C)(C)CCC8(C)C)cc6)c6cc(-c7ccc8c(c7)c7ccccc7n8-c7ccccc7)cc4c65)cc3)ccc21. The highest BCUT2D eigenvalue weighted by molar-refractivity contribution is 7.00. The van der Waals surface area contributed by atoms with E-state index in [4.69, 9.17) is 8.83 Å². The van der Waals surface area contributed by atoms with Crippen molar-refractivity contribution in [3.05, 3.63) is 313 Å². The van der Waals surface area contributed by atoms with E-state index in [9.17, 15) is 0 Å². The molecule has 0 spiro atoms. The molecule has 0 saturated heterocycles. The van der Waals surface area contributed by atoms with Crippen molar-refractivity contribution >= 4 is 123 Å². The molecule has 0 bridgehead atoms. The van der Waals surface area contributed by atoms with Gasteiger partial charge in [0.2, 0.25) is 0 Å². The molecule has 5 heterocycles. The van der Waals surface area contributed by atoms with Gasteiger partial charge in [-0.1, -0.05) is 231 Å². The minimum Gasteiger partial charge on any atom is -0.456 e. The third-order valence-electron chi connectivity index (χ3n) is 25.1. The maximum Gasteiger partial charge on any atom is 0.252 e. The van der Waals surface area contributed by atoms with Crippen LogP contribution in [0, 0.1) is 0 Å². The van der Waals surface area contributed by atoms with E-state index < -0.39 is 0 Å². The molecule has 0 saturated carbocycles. The minimum absolute atomic E-state index is 0.0753. The first-order valence-corrected chi connectivity index (χ1v) is 38.0. The number of para-hydroxylation sites is 4. The summed E-state index contributed by atoms with van der Waals surface area (Å²) >= 11 is 0. The lowest BCUT2D eigenvalue weighted by atomic mass is 9.33. The van der Waals surface area contributed by atoms with Gasteiger partial charge in [0, 0.05) is 72.1 Å². The highest BCUT2D eigenvalue weighted by atomic mass is 16.3. The van der Waals surface area contributed by atoms with Crippen LogP contribution in [0.1, 0.15) is 103 Å². The Kier molecular flexibility index (Phi) is 13.5. The van der Waals surface area contributed by atoms with E-state index in [2.05, 4.69) is 361 Å². The van der Waals surface area contributed by atoms with E-state index in [1.165, 1.54) is 95.5 Å². The maximum absolute atomic E-state index is 6.48. The second-order valence-electron chi connectivity index (χ2n) is 33.3. The molecule has 0 amide bonds. The van der Waals surface area contributed by atoms with Gasteiger partial charge >= 0.3 is 0 Å². The lowest BCUT2D eigenvalue weighted by Crippen LogP contribution is -2.61. The van der Waals surface area contributed by atoms with E-state index >= 15 is 0 Å². The molecule has 14 aromatic carbocycles. The van der Waals surface area contributed by atoms with E-state index in [0.29, 0.717) is 0 Å². The summed E-state index contributed by atoms with van der Waals surface area (Å²) in [6.45, 7) is 19.2. The van der Waals surface area contributed by atoms with Gasteiger partial charge in [-0.05, 0) is 257 Å². The van der Waals surface area contributed by atoms with Crippen molar-refractivity contribution in [1.82, 2.24) is 4.57 Å². The number of furan rings is 2. The van der Waals surface area contributed by atoms with E-state index in [0.717, 1.165) is 130 Å². The van der Waals surface area contributed by atoms with E-state index in [1.54, 1.807) is 0 Å². The number of hydrogen-bond acceptors (Lipinski definition) is 4. The fraction of sp³-hybridized carbons (Fsp3) is 0.160. The number of aromatic nitrogens is 1. The molecule has 2 aliphatic carbocycles. The van der Waals surface area contributed by atoms with Crippen LogP contribution in [-0.2, 0) is 21.7 Å². The van der Waals surface area contributed by atoms with Crippen LogP contribution in [0.5, 0.6) is 0 Å². The average Bonchev–Trinajstić information content (AvgIpc) is 0.837. The quantitative estimate of drug-likeness (QED) is 0.142. The number of benzene rings is 14. The summed E-state index contributed by atoms with van der Waals surface area (Å²) in [4.78, 5) is 5.21. The number of anilines is 6. The van der Waals surface area contributed by atoms with Gasteiger partial charge in [-0.2, -0.15) is 0 Å². The summed E-state index contributed by atoms with van der Waals surface area (Å²) < 4.78 is 15.4. The minimum atomic E-state index is -0.170. The van der Waals surface area contributed by atoms with Crippen LogP contribution in [0.2, 0.25) is 0 Å². The highest BCUT2D eigenvalue weighted by Crippen LogP contribution is 2.53. The smallest absolute Gasteiger partial charge is 0.252 e. The Morgan fingerprint density at radius 3 is 1.12 bits per heavy atom. The number of rotatable bonds is 8. The van der Waals surface area contributed by atoms with Crippen molar-refractivity contribution in [3.8, 4) is 61.3 Å². The Morgan fingerprint density at radius 1 is 0.255 bits per heavy atom. The van der Waals surface area contributed by atoms with Gasteiger partial charge < -0.3 is 23.2 Å². The normalized spacial score (nSPS) is 15.8. The monoisotopic (exact) mass is 1370 g/mol. The fourth-order valence-electron chi connectivity index (χ4n) is 19.0. The molecular formula is C100H80BN3O2. The Labute approximate surface area is 619 Å². The van der Waals surface area contributed by atoms with Crippen molar-refractivity contribution in [3.63, 3.8) is 0 Å². The predicted octanol–water partition coefficient (Wildman–Crippen LogP) is 25.7. The zero-order valence-electron chi connectivity index (χ0n) is 61.3. The summed E-state index contributed by atoms with van der Waals surface area (Å²) in [7, 11) is 0. The molecule has 0 atom stereocenters. The van der Waals surface area contributed by atoms with Crippen molar-refractivity contribution < 1.29 is 8.83 Å². The van der Waals surface area contributed by atoms with Gasteiger partial charge in [0.05, 0.1) is 11.0 Å². The third-order valence-corrected chi connectivity index (χ3v) is 25.1. The molecule has 0 radical (unpaired) electrons. The summed E-state index contributed by atoms with van der Waals surface area (Å²) in [5, 5.41) is 6.87. The maximum atomic E-state index is 6.48. The van der Waals surface area contributed by atoms with E-state index in [-0.39, 0.29) is 28.4 Å². The van der Waals surface area contributed by atoms with Crippen LogP contribution in [0.25, 0.3) is 127 Å².